The molecule has 0 radical (unpaired) electrons. The van der Waals surface area contributed by atoms with Crippen molar-refractivity contribution in [3.8, 4) is 17.2 Å². The number of aliphatic imine (C=N–C) groups is 1. The van der Waals surface area contributed by atoms with E-state index in [0.29, 0.717) is 28.8 Å². The third-order valence-electron chi connectivity index (χ3n) is 4.08. The van der Waals surface area contributed by atoms with Crippen molar-refractivity contribution in [2.45, 2.75) is 6.92 Å². The van der Waals surface area contributed by atoms with Gasteiger partial charge < -0.3 is 19.5 Å². The minimum Gasteiger partial charge on any atom is -0.497 e. The van der Waals surface area contributed by atoms with Crippen LogP contribution >= 0.6 is 0 Å². The number of ether oxygens (including phenoxy) is 3. The second kappa shape index (κ2) is 7.31. The SMILES string of the molecule is COc1cccc(C2=N/C(=C/c3cc(OC)c(C)cc3OC)C(=O)N2)c1. The van der Waals surface area contributed by atoms with E-state index in [2.05, 4.69) is 10.3 Å². The van der Waals surface area contributed by atoms with Gasteiger partial charge in [0, 0.05) is 11.1 Å². The van der Waals surface area contributed by atoms with Crippen molar-refractivity contribution in [1.82, 2.24) is 5.32 Å². The van der Waals surface area contributed by atoms with Crippen LogP contribution in [0.2, 0.25) is 0 Å². The van der Waals surface area contributed by atoms with E-state index >= 15 is 0 Å². The number of nitrogens with one attached hydrogen (secondary N) is 1. The molecule has 1 aliphatic rings. The normalized spacial score (nSPS) is 14.8. The lowest BCUT2D eigenvalue weighted by Gasteiger charge is -2.10. The third kappa shape index (κ3) is 3.39. The first-order valence-corrected chi connectivity index (χ1v) is 8.04. The number of benzene rings is 2. The molecule has 0 fully saturated rings. The molecule has 0 aromatic heterocycles. The zero-order valence-corrected chi connectivity index (χ0v) is 15.1. The van der Waals surface area contributed by atoms with Crippen molar-refractivity contribution in [3.63, 3.8) is 0 Å². The van der Waals surface area contributed by atoms with Gasteiger partial charge in [0.2, 0.25) is 0 Å². The lowest BCUT2D eigenvalue weighted by Crippen LogP contribution is -2.24. The van der Waals surface area contributed by atoms with Crippen LogP contribution in [0.3, 0.4) is 0 Å². The Bertz CT molecular complexity index is 916. The maximum Gasteiger partial charge on any atom is 0.275 e. The Morgan fingerprint density at radius 3 is 2.46 bits per heavy atom. The van der Waals surface area contributed by atoms with Gasteiger partial charge in [0.05, 0.1) is 21.3 Å². The van der Waals surface area contributed by atoms with E-state index in [-0.39, 0.29) is 5.91 Å². The molecule has 0 spiro atoms. The van der Waals surface area contributed by atoms with Gasteiger partial charge in [0.15, 0.2) is 0 Å². The molecule has 2 aromatic rings. The Labute approximate surface area is 152 Å². The molecule has 2 aromatic carbocycles. The number of nitrogens with zero attached hydrogens (tertiary/aromatic N) is 1. The number of amidine groups is 1. The zero-order chi connectivity index (χ0) is 18.7. The minimum absolute atomic E-state index is 0.274. The van der Waals surface area contributed by atoms with Crippen LogP contribution in [-0.4, -0.2) is 33.1 Å². The fraction of sp³-hybridized carbons (Fsp3) is 0.200. The first-order valence-electron chi connectivity index (χ1n) is 8.04. The Morgan fingerprint density at radius 2 is 1.77 bits per heavy atom. The van der Waals surface area contributed by atoms with Crippen LogP contribution in [0.5, 0.6) is 17.2 Å². The summed E-state index contributed by atoms with van der Waals surface area (Å²) in [6, 6.07) is 11.1. The summed E-state index contributed by atoms with van der Waals surface area (Å²) in [4.78, 5) is 16.8. The second-order valence-corrected chi connectivity index (χ2v) is 5.74. The summed E-state index contributed by atoms with van der Waals surface area (Å²) in [5.41, 5.74) is 2.74. The van der Waals surface area contributed by atoms with E-state index in [4.69, 9.17) is 14.2 Å². The molecule has 3 rings (SSSR count). The molecular formula is C20H20N2O4. The standard InChI is InChI=1S/C20H20N2O4/c1-12-8-18(26-4)14(11-17(12)25-3)10-16-20(23)22-19(21-16)13-6-5-7-15(9-13)24-2/h5-11H,1-4H3,(H,21,22,23)/b16-10+. The van der Waals surface area contributed by atoms with Crippen LogP contribution in [0.25, 0.3) is 6.08 Å². The van der Waals surface area contributed by atoms with E-state index in [1.165, 1.54) is 0 Å². The summed E-state index contributed by atoms with van der Waals surface area (Å²) in [7, 11) is 4.78. The predicted octanol–water partition coefficient (Wildman–Crippen LogP) is 2.94. The molecule has 0 bridgehead atoms. The molecule has 1 amide bonds. The first-order chi connectivity index (χ1) is 12.5. The number of carbonyl (C=O) groups is 1. The van der Waals surface area contributed by atoms with Gasteiger partial charge in [0.1, 0.15) is 28.8 Å². The van der Waals surface area contributed by atoms with Gasteiger partial charge in [-0.15, -0.1) is 0 Å². The lowest BCUT2D eigenvalue weighted by atomic mass is 10.1. The summed E-state index contributed by atoms with van der Waals surface area (Å²) in [5, 5.41) is 2.78. The van der Waals surface area contributed by atoms with Gasteiger partial charge in [0.25, 0.3) is 5.91 Å². The quantitative estimate of drug-likeness (QED) is 0.840. The van der Waals surface area contributed by atoms with Crippen LogP contribution in [0.4, 0.5) is 0 Å². The number of hydrogen-bond acceptors (Lipinski definition) is 5. The summed E-state index contributed by atoms with van der Waals surface area (Å²) in [6.45, 7) is 1.93. The molecule has 0 aliphatic carbocycles. The maximum atomic E-state index is 12.3. The topological polar surface area (TPSA) is 69.1 Å². The number of aryl methyl sites for hydroxylation is 1. The zero-order valence-electron chi connectivity index (χ0n) is 15.1. The number of rotatable bonds is 5. The van der Waals surface area contributed by atoms with Gasteiger partial charge in [-0.1, -0.05) is 12.1 Å². The number of amides is 1. The van der Waals surface area contributed by atoms with E-state index in [9.17, 15) is 4.79 Å². The first kappa shape index (κ1) is 17.5. The molecule has 0 saturated heterocycles. The number of carbonyl (C=O) groups excluding carboxylic acids is 1. The largest absolute Gasteiger partial charge is 0.497 e. The summed E-state index contributed by atoms with van der Waals surface area (Å²) in [6.07, 6.45) is 1.68. The summed E-state index contributed by atoms with van der Waals surface area (Å²) in [5.74, 6) is 2.27. The third-order valence-corrected chi connectivity index (χ3v) is 4.08. The lowest BCUT2D eigenvalue weighted by molar-refractivity contribution is -0.115. The Kier molecular flexibility index (Phi) is 4.93. The fourth-order valence-electron chi connectivity index (χ4n) is 2.71. The molecule has 1 heterocycles. The minimum atomic E-state index is -0.274. The van der Waals surface area contributed by atoms with Crippen LogP contribution in [-0.2, 0) is 4.79 Å². The van der Waals surface area contributed by atoms with Crippen molar-refractivity contribution in [2.24, 2.45) is 4.99 Å². The Morgan fingerprint density at radius 1 is 1.00 bits per heavy atom. The van der Waals surface area contributed by atoms with Gasteiger partial charge >= 0.3 is 0 Å². The summed E-state index contributed by atoms with van der Waals surface area (Å²) >= 11 is 0. The number of hydrogen-bond donors (Lipinski definition) is 1. The highest BCUT2D eigenvalue weighted by Gasteiger charge is 2.22. The smallest absolute Gasteiger partial charge is 0.275 e. The van der Waals surface area contributed by atoms with E-state index in [1.807, 2.05) is 43.3 Å². The van der Waals surface area contributed by atoms with Gasteiger partial charge in [-0.05, 0) is 42.8 Å². The maximum absolute atomic E-state index is 12.3. The van der Waals surface area contributed by atoms with Gasteiger partial charge in [-0.2, -0.15) is 0 Å². The predicted molar refractivity (Wildman–Crippen MR) is 99.9 cm³/mol. The van der Waals surface area contributed by atoms with Crippen molar-refractivity contribution in [3.05, 3.63) is 58.8 Å². The molecule has 1 N–H and O–H groups in total. The fourth-order valence-corrected chi connectivity index (χ4v) is 2.71. The number of methoxy groups -OCH3 is 3. The highest BCUT2D eigenvalue weighted by Crippen LogP contribution is 2.30. The average Bonchev–Trinajstić information content (AvgIpc) is 3.03. The molecule has 6 heteroatoms. The van der Waals surface area contributed by atoms with Gasteiger partial charge in [-0.3, -0.25) is 4.79 Å². The highest BCUT2D eigenvalue weighted by atomic mass is 16.5. The van der Waals surface area contributed by atoms with Crippen LogP contribution in [0, 0.1) is 6.92 Å². The molecule has 0 unspecified atom stereocenters. The van der Waals surface area contributed by atoms with Crippen LogP contribution in [0.15, 0.2) is 47.1 Å². The second-order valence-electron chi connectivity index (χ2n) is 5.74. The molecule has 26 heavy (non-hydrogen) atoms. The van der Waals surface area contributed by atoms with Gasteiger partial charge in [-0.25, -0.2) is 4.99 Å². The Balaban J connectivity index is 2.01. The average molecular weight is 352 g/mol. The molecule has 0 saturated carbocycles. The molecule has 6 nitrogen and oxygen atoms in total. The van der Waals surface area contributed by atoms with Crippen molar-refractivity contribution in [1.29, 1.82) is 0 Å². The van der Waals surface area contributed by atoms with Crippen molar-refractivity contribution >= 4 is 17.8 Å². The molecular weight excluding hydrogens is 332 g/mol. The molecule has 0 atom stereocenters. The van der Waals surface area contributed by atoms with Crippen molar-refractivity contribution < 1.29 is 19.0 Å². The van der Waals surface area contributed by atoms with E-state index in [0.717, 1.165) is 16.7 Å². The highest BCUT2D eigenvalue weighted by molar-refractivity contribution is 6.20. The van der Waals surface area contributed by atoms with E-state index < -0.39 is 0 Å². The van der Waals surface area contributed by atoms with E-state index in [1.54, 1.807) is 27.4 Å². The molecule has 134 valence electrons. The monoisotopic (exact) mass is 352 g/mol. The van der Waals surface area contributed by atoms with Crippen LogP contribution < -0.4 is 19.5 Å². The summed E-state index contributed by atoms with van der Waals surface area (Å²) < 4.78 is 16.0. The molecule has 1 aliphatic heterocycles. The van der Waals surface area contributed by atoms with Crippen LogP contribution in [0.1, 0.15) is 16.7 Å². The van der Waals surface area contributed by atoms with Crippen molar-refractivity contribution in [2.75, 3.05) is 21.3 Å². The Hall–Kier alpha value is -3.28.